The summed E-state index contributed by atoms with van der Waals surface area (Å²) < 4.78 is 0. The van der Waals surface area contributed by atoms with Crippen LogP contribution >= 0.6 is 11.8 Å². The highest BCUT2D eigenvalue weighted by atomic mass is 32.2. The number of benzene rings is 1. The lowest BCUT2D eigenvalue weighted by atomic mass is 9.92. The van der Waals surface area contributed by atoms with E-state index in [1.807, 2.05) is 11.8 Å². The van der Waals surface area contributed by atoms with Crippen LogP contribution in [0.15, 0.2) is 23.1 Å². The Morgan fingerprint density at radius 2 is 2.31 bits per heavy atom. The Balaban J connectivity index is 2.01. The summed E-state index contributed by atoms with van der Waals surface area (Å²) in [6, 6.07) is 9.20. The standard InChI is InChI=1S/C14H15NS/c1-10-8-14(10,9-15)12-4-5-13-11(7-12)3-2-6-16-13/h4-5,7,10H,2-3,6,8H2,1H3. The SMILES string of the molecule is CC1CC1(C#N)c1ccc2c(c1)CCCS2. The van der Waals surface area contributed by atoms with Gasteiger partial charge in [-0.05, 0) is 48.1 Å². The Kier molecular flexibility index (Phi) is 2.26. The molecule has 1 aliphatic carbocycles. The van der Waals surface area contributed by atoms with Gasteiger partial charge in [-0.1, -0.05) is 19.1 Å². The Morgan fingerprint density at radius 1 is 1.50 bits per heavy atom. The molecule has 2 aliphatic rings. The average Bonchev–Trinajstić information content (AvgIpc) is 3.01. The fourth-order valence-corrected chi connectivity index (χ4v) is 3.70. The largest absolute Gasteiger partial charge is 0.197 e. The zero-order valence-corrected chi connectivity index (χ0v) is 10.3. The maximum atomic E-state index is 9.33. The van der Waals surface area contributed by atoms with E-state index in [0.29, 0.717) is 5.92 Å². The molecular weight excluding hydrogens is 214 g/mol. The van der Waals surface area contributed by atoms with Crippen LogP contribution in [0.5, 0.6) is 0 Å². The third kappa shape index (κ3) is 1.38. The molecule has 1 aromatic carbocycles. The molecule has 0 aromatic heterocycles. The molecule has 0 spiro atoms. The van der Waals surface area contributed by atoms with E-state index in [-0.39, 0.29) is 5.41 Å². The van der Waals surface area contributed by atoms with Crippen molar-refractivity contribution in [2.75, 3.05) is 5.75 Å². The number of nitriles is 1. The number of fused-ring (bicyclic) bond motifs is 1. The molecule has 0 saturated heterocycles. The molecule has 0 bridgehead atoms. The van der Waals surface area contributed by atoms with Gasteiger partial charge in [-0.3, -0.25) is 0 Å². The predicted octanol–water partition coefficient (Wildman–Crippen LogP) is 3.53. The van der Waals surface area contributed by atoms with E-state index in [4.69, 9.17) is 0 Å². The minimum Gasteiger partial charge on any atom is -0.197 e. The lowest BCUT2D eigenvalue weighted by Crippen LogP contribution is -2.08. The first-order valence-electron chi connectivity index (χ1n) is 5.94. The Bertz CT molecular complexity index is 474. The summed E-state index contributed by atoms with van der Waals surface area (Å²) in [6.07, 6.45) is 3.50. The van der Waals surface area contributed by atoms with Gasteiger partial charge in [-0.15, -0.1) is 11.8 Å². The van der Waals surface area contributed by atoms with Gasteiger partial charge in [-0.2, -0.15) is 5.26 Å². The number of hydrogen-bond donors (Lipinski definition) is 0. The van der Waals surface area contributed by atoms with Crippen molar-refractivity contribution < 1.29 is 0 Å². The molecule has 1 fully saturated rings. The molecule has 1 saturated carbocycles. The second-order valence-corrected chi connectivity index (χ2v) is 6.10. The molecule has 2 atom stereocenters. The maximum absolute atomic E-state index is 9.33. The van der Waals surface area contributed by atoms with Gasteiger partial charge in [0.15, 0.2) is 0 Å². The van der Waals surface area contributed by atoms with Crippen LogP contribution < -0.4 is 0 Å². The summed E-state index contributed by atoms with van der Waals surface area (Å²) in [4.78, 5) is 1.43. The first-order chi connectivity index (χ1) is 7.76. The number of rotatable bonds is 1. The summed E-state index contributed by atoms with van der Waals surface area (Å²) in [5, 5.41) is 9.33. The van der Waals surface area contributed by atoms with Gasteiger partial charge in [0.25, 0.3) is 0 Å². The number of hydrogen-bond acceptors (Lipinski definition) is 2. The minimum absolute atomic E-state index is 0.156. The quantitative estimate of drug-likeness (QED) is 0.735. The Hall–Kier alpha value is -0.940. The third-order valence-electron chi connectivity index (χ3n) is 3.93. The van der Waals surface area contributed by atoms with Crippen molar-refractivity contribution in [3.05, 3.63) is 29.3 Å². The smallest absolute Gasteiger partial charge is 0.0851 e. The zero-order chi connectivity index (χ0) is 11.2. The van der Waals surface area contributed by atoms with Crippen LogP contribution in [-0.2, 0) is 11.8 Å². The number of aryl methyl sites for hydroxylation is 1. The summed E-state index contributed by atoms with van der Waals surface area (Å²) in [5.74, 6) is 1.78. The molecule has 3 rings (SSSR count). The highest BCUT2D eigenvalue weighted by molar-refractivity contribution is 7.99. The van der Waals surface area contributed by atoms with Crippen LogP contribution in [0.2, 0.25) is 0 Å². The van der Waals surface area contributed by atoms with E-state index in [2.05, 4.69) is 31.2 Å². The van der Waals surface area contributed by atoms with Gasteiger partial charge in [0.05, 0.1) is 11.5 Å². The summed E-state index contributed by atoms with van der Waals surface area (Å²) in [5.41, 5.74) is 2.56. The molecule has 1 aromatic rings. The van der Waals surface area contributed by atoms with Crippen molar-refractivity contribution in [1.29, 1.82) is 5.26 Å². The second-order valence-electron chi connectivity index (χ2n) is 4.96. The van der Waals surface area contributed by atoms with E-state index in [1.54, 1.807) is 0 Å². The van der Waals surface area contributed by atoms with Crippen molar-refractivity contribution in [1.82, 2.24) is 0 Å². The van der Waals surface area contributed by atoms with Crippen molar-refractivity contribution >= 4 is 11.8 Å². The van der Waals surface area contributed by atoms with Crippen molar-refractivity contribution in [3.63, 3.8) is 0 Å². The van der Waals surface area contributed by atoms with Crippen molar-refractivity contribution in [3.8, 4) is 6.07 Å². The van der Waals surface area contributed by atoms with Gasteiger partial charge in [-0.25, -0.2) is 0 Å². The number of thioether (sulfide) groups is 1. The molecule has 1 heterocycles. The maximum Gasteiger partial charge on any atom is 0.0851 e. The molecule has 0 amide bonds. The van der Waals surface area contributed by atoms with Crippen LogP contribution in [0.3, 0.4) is 0 Å². The Labute approximate surface area is 101 Å². The summed E-state index contributed by atoms with van der Waals surface area (Å²) >= 11 is 1.95. The molecular formula is C14H15NS. The second kappa shape index (κ2) is 3.53. The minimum atomic E-state index is -0.156. The molecule has 1 aliphatic heterocycles. The lowest BCUT2D eigenvalue weighted by Gasteiger charge is -2.17. The van der Waals surface area contributed by atoms with Crippen molar-refractivity contribution in [2.24, 2.45) is 5.92 Å². The topological polar surface area (TPSA) is 23.8 Å². The van der Waals surface area contributed by atoms with Crippen LogP contribution in [0.4, 0.5) is 0 Å². The molecule has 82 valence electrons. The third-order valence-corrected chi connectivity index (χ3v) is 5.13. The van der Waals surface area contributed by atoms with Gasteiger partial charge >= 0.3 is 0 Å². The van der Waals surface area contributed by atoms with E-state index < -0.39 is 0 Å². The van der Waals surface area contributed by atoms with E-state index in [1.165, 1.54) is 34.6 Å². The number of nitrogens with zero attached hydrogens (tertiary/aromatic N) is 1. The molecule has 0 radical (unpaired) electrons. The highest BCUT2D eigenvalue weighted by Gasteiger charge is 2.53. The van der Waals surface area contributed by atoms with Gasteiger partial charge < -0.3 is 0 Å². The molecule has 16 heavy (non-hydrogen) atoms. The molecule has 2 heteroatoms. The first-order valence-corrected chi connectivity index (χ1v) is 6.92. The van der Waals surface area contributed by atoms with Crippen LogP contribution in [0, 0.1) is 17.2 Å². The summed E-state index contributed by atoms with van der Waals surface area (Å²) in [7, 11) is 0. The monoisotopic (exact) mass is 229 g/mol. The first kappa shape index (κ1) is 10.2. The fourth-order valence-electron chi connectivity index (χ4n) is 2.68. The zero-order valence-electron chi connectivity index (χ0n) is 9.49. The normalized spacial score (nSPS) is 31.6. The van der Waals surface area contributed by atoms with E-state index in [0.717, 1.165) is 6.42 Å². The van der Waals surface area contributed by atoms with E-state index >= 15 is 0 Å². The molecule has 1 nitrogen and oxygen atoms in total. The lowest BCUT2D eigenvalue weighted by molar-refractivity contribution is 0.783. The van der Waals surface area contributed by atoms with Crippen molar-refractivity contribution in [2.45, 2.75) is 36.5 Å². The van der Waals surface area contributed by atoms with Crippen LogP contribution in [0.1, 0.15) is 30.9 Å². The van der Waals surface area contributed by atoms with E-state index in [9.17, 15) is 5.26 Å². The highest BCUT2D eigenvalue weighted by Crippen LogP contribution is 2.54. The molecule has 2 unspecified atom stereocenters. The molecule has 0 N–H and O–H groups in total. The van der Waals surface area contributed by atoms with Crippen LogP contribution in [-0.4, -0.2) is 5.75 Å². The van der Waals surface area contributed by atoms with Gasteiger partial charge in [0.1, 0.15) is 0 Å². The van der Waals surface area contributed by atoms with Gasteiger partial charge in [0, 0.05) is 4.90 Å². The van der Waals surface area contributed by atoms with Gasteiger partial charge in [0.2, 0.25) is 0 Å². The Morgan fingerprint density at radius 3 is 3.00 bits per heavy atom. The predicted molar refractivity (Wildman–Crippen MR) is 66.6 cm³/mol. The summed E-state index contributed by atoms with van der Waals surface area (Å²) in [6.45, 7) is 2.18. The fraction of sp³-hybridized carbons (Fsp3) is 0.500. The van der Waals surface area contributed by atoms with Crippen LogP contribution in [0.25, 0.3) is 0 Å². The average molecular weight is 229 g/mol.